The highest BCUT2D eigenvalue weighted by Gasteiger charge is 2.48. The van der Waals surface area contributed by atoms with E-state index in [9.17, 15) is 4.79 Å². The molecule has 0 unspecified atom stereocenters. The van der Waals surface area contributed by atoms with Gasteiger partial charge in [0.15, 0.2) is 11.4 Å². The number of fused-ring (bicyclic) bond motifs is 3. The van der Waals surface area contributed by atoms with Crippen molar-refractivity contribution in [2.75, 3.05) is 20.3 Å². The maximum absolute atomic E-state index is 13.3. The molecule has 2 aromatic heterocycles. The molecule has 5 rings (SSSR count). The van der Waals surface area contributed by atoms with Crippen molar-refractivity contribution in [3.05, 3.63) is 101 Å². The average molecular weight is 473 g/mol. The maximum atomic E-state index is 13.3. The minimum atomic E-state index is -1.41. The number of hydrogen-bond acceptors (Lipinski definition) is 6. The fraction of sp³-hybridized carbons (Fsp3) is 0.286. The van der Waals surface area contributed by atoms with Gasteiger partial charge in [-0.1, -0.05) is 48.5 Å². The second-order valence-electron chi connectivity index (χ2n) is 8.61. The first-order valence-electron chi connectivity index (χ1n) is 11.6. The molecular weight excluding hydrogens is 444 g/mol. The Morgan fingerprint density at radius 3 is 2.49 bits per heavy atom. The molecule has 3 heterocycles. The highest BCUT2D eigenvalue weighted by molar-refractivity contribution is 5.89. The highest BCUT2D eigenvalue weighted by Crippen LogP contribution is 2.49. The van der Waals surface area contributed by atoms with E-state index in [-0.39, 0.29) is 6.42 Å². The van der Waals surface area contributed by atoms with E-state index in [1.807, 2.05) is 66.9 Å². The van der Waals surface area contributed by atoms with Crippen molar-refractivity contribution in [1.82, 2.24) is 9.38 Å². The van der Waals surface area contributed by atoms with E-state index < -0.39 is 17.9 Å². The number of pyridine rings is 1. The van der Waals surface area contributed by atoms with Crippen molar-refractivity contribution >= 4 is 11.6 Å². The Kier molecular flexibility index (Phi) is 6.28. The summed E-state index contributed by atoms with van der Waals surface area (Å²) < 4.78 is 26.4. The molecule has 0 saturated carbocycles. The van der Waals surface area contributed by atoms with Gasteiger partial charge in [0, 0.05) is 30.1 Å². The van der Waals surface area contributed by atoms with E-state index in [2.05, 4.69) is 0 Å². The second-order valence-corrected chi connectivity index (χ2v) is 8.61. The molecule has 0 amide bonds. The van der Waals surface area contributed by atoms with Crippen LogP contribution in [0.3, 0.4) is 0 Å². The van der Waals surface area contributed by atoms with Crippen molar-refractivity contribution in [2.45, 2.75) is 32.2 Å². The number of methoxy groups -OCH3 is 1. The van der Waals surface area contributed by atoms with Crippen LogP contribution in [0.1, 0.15) is 45.4 Å². The molecule has 0 fully saturated rings. The Balaban J connectivity index is 1.66. The van der Waals surface area contributed by atoms with Crippen LogP contribution in [0, 0.1) is 13.8 Å². The van der Waals surface area contributed by atoms with Gasteiger partial charge in [0.2, 0.25) is 0 Å². The third kappa shape index (κ3) is 4.29. The summed E-state index contributed by atoms with van der Waals surface area (Å²) in [5.41, 5.74) is 4.60. The summed E-state index contributed by atoms with van der Waals surface area (Å²) in [5, 5.41) is 0. The number of aryl methyl sites for hydroxylation is 2. The molecule has 1 aliphatic rings. The van der Waals surface area contributed by atoms with Gasteiger partial charge < -0.3 is 23.3 Å². The fourth-order valence-corrected chi connectivity index (χ4v) is 4.44. The number of imidazole rings is 1. The van der Waals surface area contributed by atoms with Gasteiger partial charge in [-0.2, -0.15) is 0 Å². The zero-order chi connectivity index (χ0) is 24.4. The molecule has 0 saturated heterocycles. The van der Waals surface area contributed by atoms with Crippen LogP contribution in [0.5, 0.6) is 5.75 Å². The Morgan fingerprint density at radius 2 is 1.77 bits per heavy atom. The van der Waals surface area contributed by atoms with Crippen LogP contribution in [0.4, 0.5) is 0 Å². The van der Waals surface area contributed by atoms with Crippen LogP contribution >= 0.6 is 0 Å². The van der Waals surface area contributed by atoms with Crippen LogP contribution in [0.15, 0.2) is 72.9 Å². The van der Waals surface area contributed by atoms with E-state index >= 15 is 0 Å². The number of nitrogens with zero attached hydrogens (tertiary/aromatic N) is 2. The summed E-state index contributed by atoms with van der Waals surface area (Å²) in [7, 11) is 1.64. The molecule has 4 aromatic rings. The van der Waals surface area contributed by atoms with Gasteiger partial charge in [0.25, 0.3) is 5.79 Å². The lowest BCUT2D eigenvalue weighted by Gasteiger charge is -2.41. The predicted molar refractivity (Wildman–Crippen MR) is 130 cm³/mol. The third-order valence-corrected chi connectivity index (χ3v) is 6.41. The first-order chi connectivity index (χ1) is 17.0. The number of hydrogen-bond donors (Lipinski definition) is 0. The van der Waals surface area contributed by atoms with E-state index in [1.165, 1.54) is 0 Å². The fourth-order valence-electron chi connectivity index (χ4n) is 4.44. The minimum absolute atomic E-state index is 0.279. The number of aromatic nitrogens is 2. The molecule has 35 heavy (non-hydrogen) atoms. The van der Waals surface area contributed by atoms with Crippen LogP contribution in [0.25, 0.3) is 5.65 Å². The standard InChI is InChI=1S/C28H28N2O5/c1-19-20(2)30-15-14-23-24(33-17-16-32-3)18-28(22-12-8-5-9-13-22,34-25(23)26(30)29-19)35-27(31)21-10-6-4-7-11-21/h4-15,24H,16-18H2,1-3H3/t24-,28+/m0/s1. The summed E-state index contributed by atoms with van der Waals surface area (Å²) >= 11 is 0. The molecule has 7 nitrogen and oxygen atoms in total. The van der Waals surface area contributed by atoms with E-state index in [0.717, 1.165) is 22.5 Å². The van der Waals surface area contributed by atoms with Gasteiger partial charge in [0.1, 0.15) is 0 Å². The number of esters is 1. The molecule has 1 aliphatic heterocycles. The molecule has 2 atom stereocenters. The van der Waals surface area contributed by atoms with Gasteiger partial charge in [-0.3, -0.25) is 0 Å². The number of carbonyl (C=O) groups excluding carboxylic acids is 1. The summed E-state index contributed by atoms with van der Waals surface area (Å²) in [4.78, 5) is 18.1. The molecule has 0 N–H and O–H groups in total. The predicted octanol–water partition coefficient (Wildman–Crippen LogP) is 5.15. The topological polar surface area (TPSA) is 71.3 Å². The van der Waals surface area contributed by atoms with E-state index in [4.69, 9.17) is 23.9 Å². The highest BCUT2D eigenvalue weighted by atomic mass is 16.7. The van der Waals surface area contributed by atoms with Crippen LogP contribution in [0.2, 0.25) is 0 Å². The Hall–Kier alpha value is -3.68. The lowest BCUT2D eigenvalue weighted by Crippen LogP contribution is -2.43. The normalized spacial score (nSPS) is 19.2. The molecule has 7 heteroatoms. The van der Waals surface area contributed by atoms with Crippen LogP contribution in [-0.4, -0.2) is 35.7 Å². The quantitative estimate of drug-likeness (QED) is 0.274. The zero-order valence-corrected chi connectivity index (χ0v) is 20.1. The lowest BCUT2D eigenvalue weighted by atomic mass is 9.92. The third-order valence-electron chi connectivity index (χ3n) is 6.41. The van der Waals surface area contributed by atoms with Crippen molar-refractivity contribution < 1.29 is 23.7 Å². The second kappa shape index (κ2) is 9.52. The van der Waals surface area contributed by atoms with Gasteiger partial charge >= 0.3 is 5.97 Å². The summed E-state index contributed by atoms with van der Waals surface area (Å²) in [5.74, 6) is -1.34. The molecule has 0 bridgehead atoms. The average Bonchev–Trinajstić information content (AvgIpc) is 3.19. The molecular formula is C28H28N2O5. The molecule has 2 aromatic carbocycles. The minimum Gasteiger partial charge on any atom is -0.444 e. The molecule has 180 valence electrons. The SMILES string of the molecule is COCCO[C@H]1C[C@@](OC(=O)c2ccccc2)(c2ccccc2)Oc2c1ccn1c(C)c(C)nc21. The molecule has 0 spiro atoms. The number of rotatable bonds is 7. The molecule has 0 aliphatic carbocycles. The first-order valence-corrected chi connectivity index (χ1v) is 11.6. The van der Waals surface area contributed by atoms with Crippen LogP contribution in [-0.2, 0) is 20.0 Å². The van der Waals surface area contributed by atoms with E-state index in [1.54, 1.807) is 31.4 Å². The van der Waals surface area contributed by atoms with Crippen molar-refractivity contribution in [1.29, 1.82) is 0 Å². The largest absolute Gasteiger partial charge is 0.444 e. The number of carbonyl (C=O) groups is 1. The summed E-state index contributed by atoms with van der Waals surface area (Å²) in [6.07, 6.45) is 1.85. The smallest absolute Gasteiger partial charge is 0.341 e. The van der Waals surface area contributed by atoms with Crippen molar-refractivity contribution in [3.8, 4) is 5.75 Å². The van der Waals surface area contributed by atoms with Gasteiger partial charge in [-0.25, -0.2) is 9.78 Å². The van der Waals surface area contributed by atoms with E-state index in [0.29, 0.717) is 30.2 Å². The Morgan fingerprint density at radius 1 is 1.06 bits per heavy atom. The lowest BCUT2D eigenvalue weighted by molar-refractivity contribution is -0.191. The van der Waals surface area contributed by atoms with Crippen molar-refractivity contribution in [2.24, 2.45) is 0 Å². The van der Waals surface area contributed by atoms with Gasteiger partial charge in [-0.05, 0) is 32.0 Å². The zero-order valence-electron chi connectivity index (χ0n) is 20.1. The Labute approximate surface area is 204 Å². The number of benzene rings is 2. The Bertz CT molecular complexity index is 1340. The number of ether oxygens (including phenoxy) is 4. The summed E-state index contributed by atoms with van der Waals surface area (Å²) in [6, 6.07) is 20.4. The monoisotopic (exact) mass is 472 g/mol. The first kappa shape index (κ1) is 23.1. The van der Waals surface area contributed by atoms with Gasteiger partial charge in [-0.15, -0.1) is 0 Å². The maximum Gasteiger partial charge on any atom is 0.341 e. The van der Waals surface area contributed by atoms with Crippen molar-refractivity contribution in [3.63, 3.8) is 0 Å². The van der Waals surface area contributed by atoms with Gasteiger partial charge in [0.05, 0.1) is 37.0 Å². The summed E-state index contributed by atoms with van der Waals surface area (Å²) in [6.45, 7) is 4.80. The van der Waals surface area contributed by atoms with Crippen LogP contribution < -0.4 is 4.74 Å². The molecule has 0 radical (unpaired) electrons.